The van der Waals surface area contributed by atoms with Crippen molar-refractivity contribution >= 4 is 12.6 Å². The Labute approximate surface area is 184 Å². The van der Waals surface area contributed by atoms with Gasteiger partial charge in [-0.3, -0.25) is 0 Å². The second-order valence-electron chi connectivity index (χ2n) is 8.46. The van der Waals surface area contributed by atoms with Crippen LogP contribution in [-0.4, -0.2) is 9.97 Å². The number of unbranched alkanes of at least 4 members (excludes halogenated alkanes) is 8. The number of benzene rings is 1. The van der Waals surface area contributed by atoms with Crippen molar-refractivity contribution in [1.29, 1.82) is 0 Å². The van der Waals surface area contributed by atoms with E-state index in [1.807, 2.05) is 12.4 Å². The zero-order valence-electron chi connectivity index (χ0n) is 18.8. The van der Waals surface area contributed by atoms with Gasteiger partial charge >= 0.3 is 0 Å². The van der Waals surface area contributed by atoms with Crippen molar-refractivity contribution in [2.45, 2.75) is 109 Å². The van der Waals surface area contributed by atoms with Gasteiger partial charge in [-0.2, -0.15) is 0 Å². The van der Waals surface area contributed by atoms with E-state index in [1.165, 1.54) is 81.8 Å². The summed E-state index contributed by atoms with van der Waals surface area (Å²) in [5.41, 5.74) is 3.64. The van der Waals surface area contributed by atoms with Crippen LogP contribution < -0.4 is 0 Å². The lowest BCUT2D eigenvalue weighted by atomic mass is 9.94. The van der Waals surface area contributed by atoms with Crippen molar-refractivity contribution < 1.29 is 0 Å². The van der Waals surface area contributed by atoms with Crippen LogP contribution in [0.4, 0.5) is 0 Å². The first kappa shape index (κ1) is 23.9. The largest absolute Gasteiger partial charge is 0.236 e. The Kier molecular flexibility index (Phi) is 11.4. The molecular weight excluding hydrogens is 372 g/mol. The minimum absolute atomic E-state index is 0.576. The predicted octanol–water partition coefficient (Wildman–Crippen LogP) is 8.41. The van der Waals surface area contributed by atoms with E-state index in [4.69, 9.17) is 12.6 Å². The molecule has 0 saturated heterocycles. The maximum atomic E-state index is 4.74. The van der Waals surface area contributed by atoms with Crippen LogP contribution in [0.3, 0.4) is 0 Å². The number of aryl methyl sites for hydroxylation is 1. The molecule has 0 radical (unpaired) electrons. The smallest absolute Gasteiger partial charge is 0.160 e. The number of hydrogen-bond donors (Lipinski definition) is 1. The molecule has 1 heterocycles. The molecule has 160 valence electrons. The second kappa shape index (κ2) is 13.8. The van der Waals surface area contributed by atoms with Gasteiger partial charge in [0.05, 0.1) is 0 Å². The third-order valence-corrected chi connectivity index (χ3v) is 6.22. The van der Waals surface area contributed by atoms with Crippen molar-refractivity contribution in [3.05, 3.63) is 41.7 Å². The molecule has 3 heteroatoms. The summed E-state index contributed by atoms with van der Waals surface area (Å²) in [6, 6.07) is 6.58. The maximum Gasteiger partial charge on any atom is 0.160 e. The first-order valence-corrected chi connectivity index (χ1v) is 12.2. The van der Waals surface area contributed by atoms with Gasteiger partial charge in [0.2, 0.25) is 0 Å². The molecule has 0 spiro atoms. The van der Waals surface area contributed by atoms with E-state index in [2.05, 4.69) is 48.9 Å². The Bertz CT molecular complexity index is 696. The lowest BCUT2D eigenvalue weighted by Crippen LogP contribution is -1.97. The highest BCUT2D eigenvalue weighted by molar-refractivity contribution is 7.80. The van der Waals surface area contributed by atoms with Crippen molar-refractivity contribution in [1.82, 2.24) is 9.97 Å². The number of rotatable bonds is 14. The summed E-state index contributed by atoms with van der Waals surface area (Å²) in [7, 11) is 0. The maximum absolute atomic E-state index is 4.74. The average molecular weight is 413 g/mol. The molecule has 0 fully saturated rings. The molecule has 0 aliphatic carbocycles. The molecule has 1 aromatic heterocycles. The zero-order chi connectivity index (χ0) is 20.9. The van der Waals surface area contributed by atoms with Crippen LogP contribution in [0.2, 0.25) is 0 Å². The highest BCUT2D eigenvalue weighted by Gasteiger charge is 2.11. The molecule has 0 bridgehead atoms. The molecule has 2 nitrogen and oxygen atoms in total. The fraction of sp³-hybridized carbons (Fsp3) is 0.615. The van der Waals surface area contributed by atoms with Gasteiger partial charge in [-0.25, -0.2) is 9.97 Å². The van der Waals surface area contributed by atoms with Gasteiger partial charge in [0.1, 0.15) is 0 Å². The standard InChI is InChI=1S/C26H40N2S/c1-4-6-8-10-11-13-15-22-19-27-26(28-20-22)24-17-16-23(18-25(24)29)21(3)14-12-9-7-5-2/h16-21,29H,4-15H2,1-3H3. The molecule has 1 unspecified atom stereocenters. The van der Waals surface area contributed by atoms with E-state index in [9.17, 15) is 0 Å². The van der Waals surface area contributed by atoms with Crippen LogP contribution in [-0.2, 0) is 6.42 Å². The second-order valence-corrected chi connectivity index (χ2v) is 8.94. The highest BCUT2D eigenvalue weighted by Crippen LogP contribution is 2.30. The molecule has 2 rings (SSSR count). The van der Waals surface area contributed by atoms with Gasteiger partial charge in [-0.1, -0.05) is 84.6 Å². The van der Waals surface area contributed by atoms with Gasteiger partial charge in [0.25, 0.3) is 0 Å². The van der Waals surface area contributed by atoms with Crippen molar-refractivity contribution in [2.24, 2.45) is 0 Å². The Morgan fingerprint density at radius 1 is 0.828 bits per heavy atom. The van der Waals surface area contributed by atoms with Crippen LogP contribution in [0.15, 0.2) is 35.5 Å². The van der Waals surface area contributed by atoms with Crippen LogP contribution >= 0.6 is 12.6 Å². The van der Waals surface area contributed by atoms with E-state index in [0.717, 1.165) is 22.7 Å². The summed E-state index contributed by atoms with van der Waals surface area (Å²) in [5.74, 6) is 1.36. The van der Waals surface area contributed by atoms with Crippen LogP contribution in [0, 0.1) is 0 Å². The Morgan fingerprint density at radius 2 is 1.45 bits per heavy atom. The summed E-state index contributed by atoms with van der Waals surface area (Å²) >= 11 is 4.74. The first-order valence-electron chi connectivity index (χ1n) is 11.8. The van der Waals surface area contributed by atoms with E-state index in [-0.39, 0.29) is 0 Å². The minimum Gasteiger partial charge on any atom is -0.236 e. The normalized spacial score (nSPS) is 12.3. The molecule has 0 N–H and O–H groups in total. The predicted molar refractivity (Wildman–Crippen MR) is 129 cm³/mol. The average Bonchev–Trinajstić information content (AvgIpc) is 2.74. The highest BCUT2D eigenvalue weighted by atomic mass is 32.1. The van der Waals surface area contributed by atoms with Gasteiger partial charge in [-0.05, 0) is 48.4 Å². The summed E-state index contributed by atoms with van der Waals surface area (Å²) in [6.07, 6.45) is 19.5. The fourth-order valence-corrected chi connectivity index (χ4v) is 4.14. The molecule has 1 atom stereocenters. The third kappa shape index (κ3) is 8.50. The van der Waals surface area contributed by atoms with Crippen LogP contribution in [0.5, 0.6) is 0 Å². The quantitative estimate of drug-likeness (QED) is 0.249. The van der Waals surface area contributed by atoms with E-state index >= 15 is 0 Å². The summed E-state index contributed by atoms with van der Waals surface area (Å²) < 4.78 is 0. The minimum atomic E-state index is 0.576. The number of hydrogen-bond acceptors (Lipinski definition) is 3. The van der Waals surface area contributed by atoms with Gasteiger partial charge in [-0.15, -0.1) is 12.6 Å². The Hall–Kier alpha value is -1.35. The lowest BCUT2D eigenvalue weighted by molar-refractivity contribution is 0.579. The zero-order valence-corrected chi connectivity index (χ0v) is 19.7. The molecular formula is C26H40N2S. The Balaban J connectivity index is 1.88. The SMILES string of the molecule is CCCCCCCCc1cnc(-c2ccc(C(C)CCCCCC)cc2S)nc1. The van der Waals surface area contributed by atoms with E-state index in [0.29, 0.717) is 5.92 Å². The number of nitrogens with zero attached hydrogens (tertiary/aromatic N) is 2. The third-order valence-electron chi connectivity index (χ3n) is 5.85. The molecule has 0 aliphatic rings. The summed E-state index contributed by atoms with van der Waals surface area (Å²) in [4.78, 5) is 10.2. The number of aromatic nitrogens is 2. The molecule has 1 aromatic carbocycles. The van der Waals surface area contributed by atoms with E-state index in [1.54, 1.807) is 0 Å². The van der Waals surface area contributed by atoms with Crippen molar-refractivity contribution in [3.8, 4) is 11.4 Å². The summed E-state index contributed by atoms with van der Waals surface area (Å²) in [5, 5.41) is 0. The fourth-order valence-electron chi connectivity index (χ4n) is 3.82. The molecule has 2 aromatic rings. The molecule has 0 aliphatic heterocycles. The van der Waals surface area contributed by atoms with E-state index < -0.39 is 0 Å². The van der Waals surface area contributed by atoms with Crippen molar-refractivity contribution in [2.75, 3.05) is 0 Å². The van der Waals surface area contributed by atoms with Crippen LogP contribution in [0.1, 0.15) is 108 Å². The van der Waals surface area contributed by atoms with Gasteiger partial charge in [0.15, 0.2) is 5.82 Å². The Morgan fingerprint density at radius 3 is 2.10 bits per heavy atom. The lowest BCUT2D eigenvalue weighted by Gasteiger charge is -2.14. The van der Waals surface area contributed by atoms with Crippen molar-refractivity contribution in [3.63, 3.8) is 0 Å². The van der Waals surface area contributed by atoms with Gasteiger partial charge < -0.3 is 0 Å². The molecule has 0 amide bonds. The molecule has 29 heavy (non-hydrogen) atoms. The monoisotopic (exact) mass is 412 g/mol. The number of thiol groups is 1. The first-order chi connectivity index (χ1) is 14.2. The molecule has 0 saturated carbocycles. The topological polar surface area (TPSA) is 25.8 Å². The van der Waals surface area contributed by atoms with Gasteiger partial charge in [0, 0.05) is 22.9 Å². The van der Waals surface area contributed by atoms with Crippen LogP contribution in [0.25, 0.3) is 11.4 Å². The summed E-state index contributed by atoms with van der Waals surface area (Å²) in [6.45, 7) is 6.85.